The van der Waals surface area contributed by atoms with Crippen LogP contribution in [0.3, 0.4) is 0 Å². The normalized spacial score (nSPS) is 15.6. The maximum atomic E-state index is 13.3. The van der Waals surface area contributed by atoms with Crippen molar-refractivity contribution in [2.24, 2.45) is 0 Å². The summed E-state index contributed by atoms with van der Waals surface area (Å²) in [5.41, 5.74) is 5.17. The molecule has 2 aliphatic heterocycles. The number of nitro benzene ring substituents is 1. The third-order valence-electron chi connectivity index (χ3n) is 9.50. The van der Waals surface area contributed by atoms with Gasteiger partial charge in [-0.2, -0.15) is 0 Å². The zero-order valence-corrected chi connectivity index (χ0v) is 31.0. The van der Waals surface area contributed by atoms with E-state index in [0.29, 0.717) is 23.4 Å². The molecule has 2 aliphatic rings. The number of rotatable bonds is 12. The summed E-state index contributed by atoms with van der Waals surface area (Å²) in [6.07, 6.45) is 3.44. The number of nitro groups is 1. The lowest BCUT2D eigenvalue weighted by Crippen LogP contribution is -2.54. The van der Waals surface area contributed by atoms with Gasteiger partial charge in [-0.25, -0.2) is 13.1 Å². The molecule has 0 aliphatic carbocycles. The third kappa shape index (κ3) is 8.49. The number of carbonyl (C=O) groups excluding carboxylic acids is 1. The van der Waals surface area contributed by atoms with Crippen molar-refractivity contribution in [1.29, 1.82) is 0 Å². The third-order valence-corrected chi connectivity index (χ3v) is 12.1. The summed E-state index contributed by atoms with van der Waals surface area (Å²) >= 11 is 7.71. The van der Waals surface area contributed by atoms with Gasteiger partial charge in [-0.1, -0.05) is 48.0 Å². The maximum Gasteiger partial charge on any atom is 0.293 e. The van der Waals surface area contributed by atoms with Gasteiger partial charge in [0.1, 0.15) is 5.69 Å². The number of halogens is 1. The second kappa shape index (κ2) is 16.0. The van der Waals surface area contributed by atoms with Crippen molar-refractivity contribution in [2.75, 3.05) is 42.1 Å². The Labute approximate surface area is 317 Å². The molecule has 0 radical (unpaired) electrons. The van der Waals surface area contributed by atoms with Gasteiger partial charge in [-0.05, 0) is 84.6 Å². The number of piperazine rings is 1. The lowest BCUT2D eigenvalue weighted by Gasteiger charge is -2.46. The number of nitrogens with one attached hydrogen (secondary N) is 2. The topological polar surface area (TPSA) is 138 Å². The standard InChI is InChI=1S/C39H37ClN6O5S2/c40-31-12-8-27(9-13-31)38-30(5-4-18-42-38)25-44-20-21-45-32(26-44)14-10-28-23-29(11-17-36(28)45)39(47)43-53(50,51)34-15-16-35(37(24-34)46(48)49)41-19-22-52-33-6-2-1-3-7-33/h1-9,11-13,15-18,23-24,32,41H,10,14,19-22,25-26H2,(H,43,47)/t32-/m1/s1. The van der Waals surface area contributed by atoms with Gasteiger partial charge in [0.2, 0.25) is 0 Å². The van der Waals surface area contributed by atoms with E-state index >= 15 is 0 Å². The molecule has 0 spiro atoms. The van der Waals surface area contributed by atoms with Crippen LogP contribution in [-0.2, 0) is 23.0 Å². The fourth-order valence-electron chi connectivity index (χ4n) is 6.92. The van der Waals surface area contributed by atoms with E-state index in [2.05, 4.69) is 30.9 Å². The van der Waals surface area contributed by atoms with Crippen LogP contribution in [0.1, 0.15) is 27.9 Å². The first-order valence-electron chi connectivity index (χ1n) is 17.2. The van der Waals surface area contributed by atoms with Crippen molar-refractivity contribution in [2.45, 2.75) is 35.2 Å². The van der Waals surface area contributed by atoms with Crippen molar-refractivity contribution >= 4 is 56.4 Å². The average Bonchev–Trinajstić information content (AvgIpc) is 3.17. The Balaban J connectivity index is 0.978. The second-order valence-electron chi connectivity index (χ2n) is 12.9. The highest BCUT2D eigenvalue weighted by Gasteiger charge is 2.33. The van der Waals surface area contributed by atoms with Crippen LogP contribution in [0.15, 0.2) is 119 Å². The van der Waals surface area contributed by atoms with Gasteiger partial charge in [-0.3, -0.25) is 24.8 Å². The predicted octanol–water partition coefficient (Wildman–Crippen LogP) is 7.27. The van der Waals surface area contributed by atoms with E-state index in [9.17, 15) is 23.3 Å². The minimum Gasteiger partial charge on any atom is -0.379 e. The number of benzene rings is 4. The molecule has 1 atom stereocenters. The Morgan fingerprint density at radius 3 is 2.58 bits per heavy atom. The number of thioether (sulfide) groups is 1. The Kier molecular flexibility index (Phi) is 11.0. The first-order chi connectivity index (χ1) is 25.6. The number of carbonyl (C=O) groups is 1. The van der Waals surface area contributed by atoms with Gasteiger partial charge in [-0.15, -0.1) is 11.8 Å². The van der Waals surface area contributed by atoms with Gasteiger partial charge >= 0.3 is 0 Å². The van der Waals surface area contributed by atoms with Gasteiger partial charge in [0.25, 0.3) is 21.6 Å². The lowest BCUT2D eigenvalue weighted by molar-refractivity contribution is -0.384. The van der Waals surface area contributed by atoms with Crippen molar-refractivity contribution in [3.05, 3.63) is 141 Å². The van der Waals surface area contributed by atoms with Crippen LogP contribution in [0, 0.1) is 10.1 Å². The molecule has 0 saturated carbocycles. The quantitative estimate of drug-likeness (QED) is 0.0577. The Morgan fingerprint density at radius 1 is 0.981 bits per heavy atom. The van der Waals surface area contributed by atoms with Crippen LogP contribution < -0.4 is 14.9 Å². The number of pyridine rings is 1. The SMILES string of the molecule is O=C(NS(=O)(=O)c1ccc(NCCSc2ccccc2)c([N+](=O)[O-])c1)c1ccc2c(c1)CC[C@@H]1CN(Cc3cccnc3-c3ccc(Cl)cc3)CCN21. The fraction of sp³-hybridized carbons (Fsp3) is 0.231. The van der Waals surface area contributed by atoms with Crippen LogP contribution in [0.4, 0.5) is 17.1 Å². The fourth-order valence-corrected chi connectivity index (χ4v) is 8.83. The molecule has 53 heavy (non-hydrogen) atoms. The van der Waals surface area contributed by atoms with Crippen LogP contribution in [0.25, 0.3) is 11.3 Å². The molecular formula is C39H37ClN6O5S2. The Morgan fingerprint density at radius 2 is 1.79 bits per heavy atom. The molecule has 0 bridgehead atoms. The molecule has 1 fully saturated rings. The maximum absolute atomic E-state index is 13.3. The first kappa shape index (κ1) is 36.4. The smallest absolute Gasteiger partial charge is 0.293 e. The summed E-state index contributed by atoms with van der Waals surface area (Å²) in [6.45, 7) is 3.73. The molecule has 1 saturated heterocycles. The number of hydrogen-bond donors (Lipinski definition) is 2. The van der Waals surface area contributed by atoms with Crippen molar-refractivity contribution in [1.82, 2.24) is 14.6 Å². The predicted molar refractivity (Wildman–Crippen MR) is 209 cm³/mol. The van der Waals surface area contributed by atoms with Crippen LogP contribution in [0.5, 0.6) is 0 Å². The highest BCUT2D eigenvalue weighted by Crippen LogP contribution is 2.35. The molecule has 14 heteroatoms. The number of anilines is 2. The van der Waals surface area contributed by atoms with Gasteiger partial charge in [0, 0.05) is 83.5 Å². The largest absolute Gasteiger partial charge is 0.379 e. The van der Waals surface area contributed by atoms with E-state index in [1.807, 2.05) is 72.9 Å². The minimum absolute atomic E-state index is 0.197. The summed E-state index contributed by atoms with van der Waals surface area (Å²) in [5.74, 6) is -0.149. The molecule has 3 heterocycles. The molecule has 4 aromatic carbocycles. The van der Waals surface area contributed by atoms with E-state index in [1.165, 1.54) is 12.1 Å². The Bertz CT molecular complexity index is 2240. The molecule has 272 valence electrons. The number of fused-ring (bicyclic) bond motifs is 3. The molecule has 11 nitrogen and oxygen atoms in total. The number of sulfonamides is 1. The first-order valence-corrected chi connectivity index (χ1v) is 20.1. The summed E-state index contributed by atoms with van der Waals surface area (Å²) in [4.78, 5) is 34.7. The van der Waals surface area contributed by atoms with E-state index in [-0.39, 0.29) is 16.1 Å². The molecule has 2 N–H and O–H groups in total. The summed E-state index contributed by atoms with van der Waals surface area (Å²) in [5, 5.41) is 15.6. The number of amides is 1. The van der Waals surface area contributed by atoms with Gasteiger partial charge < -0.3 is 10.2 Å². The number of aromatic nitrogens is 1. The van der Waals surface area contributed by atoms with Crippen molar-refractivity contribution in [3.8, 4) is 11.3 Å². The summed E-state index contributed by atoms with van der Waals surface area (Å²) < 4.78 is 28.7. The second-order valence-corrected chi connectivity index (χ2v) is 16.2. The molecule has 1 amide bonds. The van der Waals surface area contributed by atoms with Gasteiger partial charge in [0.15, 0.2) is 0 Å². The minimum atomic E-state index is -4.40. The van der Waals surface area contributed by atoms with Crippen LogP contribution in [-0.4, -0.2) is 67.1 Å². The zero-order valence-electron chi connectivity index (χ0n) is 28.7. The van der Waals surface area contributed by atoms with E-state index in [4.69, 9.17) is 11.6 Å². The molecule has 7 rings (SSSR count). The molecule has 5 aromatic rings. The van der Waals surface area contributed by atoms with E-state index < -0.39 is 26.5 Å². The highest BCUT2D eigenvalue weighted by atomic mass is 35.5. The average molecular weight is 769 g/mol. The van der Waals surface area contributed by atoms with Crippen molar-refractivity contribution < 1.29 is 18.1 Å². The van der Waals surface area contributed by atoms with Crippen LogP contribution in [0.2, 0.25) is 5.02 Å². The molecule has 1 aromatic heterocycles. The number of aryl methyl sites for hydroxylation is 1. The Hall–Kier alpha value is -4.95. The number of nitrogens with zero attached hydrogens (tertiary/aromatic N) is 4. The highest BCUT2D eigenvalue weighted by molar-refractivity contribution is 7.99. The summed E-state index contributed by atoms with van der Waals surface area (Å²) in [7, 11) is -4.40. The molecular weight excluding hydrogens is 732 g/mol. The van der Waals surface area contributed by atoms with Crippen LogP contribution >= 0.6 is 23.4 Å². The number of hydrogen-bond acceptors (Lipinski definition) is 10. The van der Waals surface area contributed by atoms with Gasteiger partial charge in [0.05, 0.1) is 15.5 Å². The van der Waals surface area contributed by atoms with E-state index in [0.717, 1.165) is 78.1 Å². The summed E-state index contributed by atoms with van der Waals surface area (Å²) in [6, 6.07) is 30.7. The van der Waals surface area contributed by atoms with Crippen molar-refractivity contribution in [3.63, 3.8) is 0 Å². The van der Waals surface area contributed by atoms with E-state index in [1.54, 1.807) is 23.9 Å². The monoisotopic (exact) mass is 768 g/mol. The zero-order chi connectivity index (χ0) is 37.0. The lowest BCUT2D eigenvalue weighted by atomic mass is 9.92. The molecule has 0 unspecified atom stereocenters.